The van der Waals surface area contributed by atoms with Crippen molar-refractivity contribution in [2.75, 3.05) is 6.54 Å². The first-order valence-corrected chi connectivity index (χ1v) is 5.13. The molecule has 0 radical (unpaired) electrons. The fourth-order valence-electron chi connectivity index (χ4n) is 1.11. The highest BCUT2D eigenvalue weighted by molar-refractivity contribution is 7.80. The molecule has 0 spiro atoms. The number of aryl methyl sites for hydroxylation is 1. The second-order valence-corrected chi connectivity index (χ2v) is 3.76. The summed E-state index contributed by atoms with van der Waals surface area (Å²) in [5.41, 5.74) is 5.32. The Labute approximate surface area is 93.8 Å². The van der Waals surface area contributed by atoms with E-state index in [0.29, 0.717) is 23.7 Å². The van der Waals surface area contributed by atoms with Gasteiger partial charge in [0.2, 0.25) is 0 Å². The molecule has 0 aliphatic heterocycles. The summed E-state index contributed by atoms with van der Waals surface area (Å²) in [5.74, 6) is 0.858. The van der Waals surface area contributed by atoms with Crippen LogP contribution < -0.4 is 11.1 Å². The van der Waals surface area contributed by atoms with Gasteiger partial charge in [-0.1, -0.05) is 12.2 Å². The van der Waals surface area contributed by atoms with E-state index in [9.17, 15) is 4.79 Å². The molecule has 0 unspecified atom stereocenters. The molecule has 0 saturated carbocycles. The van der Waals surface area contributed by atoms with E-state index in [1.807, 2.05) is 0 Å². The molecule has 0 saturated heterocycles. The van der Waals surface area contributed by atoms with Gasteiger partial charge in [-0.2, -0.15) is 0 Å². The zero-order chi connectivity index (χ0) is 11.3. The first-order valence-electron chi connectivity index (χ1n) is 4.72. The Kier molecular flexibility index (Phi) is 4.30. The van der Waals surface area contributed by atoms with Gasteiger partial charge < -0.3 is 15.5 Å². The van der Waals surface area contributed by atoms with Crippen LogP contribution in [0.15, 0.2) is 16.5 Å². The average molecular weight is 226 g/mol. The molecule has 1 aromatic rings. The number of hydrogen-bond donors (Lipinski definition) is 2. The van der Waals surface area contributed by atoms with E-state index in [2.05, 4.69) is 5.32 Å². The number of carbonyl (C=O) groups is 1. The average Bonchev–Trinajstić information content (AvgIpc) is 2.59. The maximum absolute atomic E-state index is 11.4. The molecule has 1 rings (SSSR count). The minimum atomic E-state index is -0.203. The van der Waals surface area contributed by atoms with Gasteiger partial charge in [-0.25, -0.2) is 0 Å². The topological polar surface area (TPSA) is 68.3 Å². The lowest BCUT2D eigenvalue weighted by atomic mass is 10.3. The molecule has 1 amide bonds. The molecule has 3 N–H and O–H groups in total. The number of furan rings is 1. The SMILES string of the molecule is Cc1ccc(C(=O)NCCCC(N)=S)o1. The number of thiocarbonyl (C=S) groups is 1. The number of rotatable bonds is 5. The van der Waals surface area contributed by atoms with Gasteiger partial charge in [0.1, 0.15) is 5.76 Å². The Bertz CT molecular complexity index is 360. The lowest BCUT2D eigenvalue weighted by molar-refractivity contribution is 0.0924. The molecule has 4 nitrogen and oxygen atoms in total. The number of amides is 1. The van der Waals surface area contributed by atoms with E-state index in [4.69, 9.17) is 22.4 Å². The third-order valence-corrected chi connectivity index (χ3v) is 2.05. The monoisotopic (exact) mass is 226 g/mol. The Morgan fingerprint density at radius 3 is 2.87 bits per heavy atom. The van der Waals surface area contributed by atoms with E-state index in [1.54, 1.807) is 19.1 Å². The lowest BCUT2D eigenvalue weighted by Gasteiger charge is -2.01. The summed E-state index contributed by atoms with van der Waals surface area (Å²) in [5, 5.41) is 2.72. The van der Waals surface area contributed by atoms with Gasteiger partial charge in [0.05, 0.1) is 4.99 Å². The predicted molar refractivity (Wildman–Crippen MR) is 61.8 cm³/mol. The van der Waals surface area contributed by atoms with Crippen LogP contribution in [-0.4, -0.2) is 17.4 Å². The van der Waals surface area contributed by atoms with Crippen LogP contribution in [0.3, 0.4) is 0 Å². The van der Waals surface area contributed by atoms with Crippen LogP contribution in [-0.2, 0) is 0 Å². The van der Waals surface area contributed by atoms with Crippen LogP contribution >= 0.6 is 12.2 Å². The largest absolute Gasteiger partial charge is 0.456 e. The predicted octanol–water partition coefficient (Wildman–Crippen LogP) is 1.38. The summed E-state index contributed by atoms with van der Waals surface area (Å²) in [4.78, 5) is 11.9. The zero-order valence-corrected chi connectivity index (χ0v) is 9.39. The normalized spacial score (nSPS) is 9.93. The highest BCUT2D eigenvalue weighted by Crippen LogP contribution is 2.05. The molecular formula is C10H14N2O2S. The zero-order valence-electron chi connectivity index (χ0n) is 8.58. The number of carbonyl (C=O) groups excluding carboxylic acids is 1. The third-order valence-electron chi connectivity index (χ3n) is 1.85. The van der Waals surface area contributed by atoms with Gasteiger partial charge in [-0.05, 0) is 31.9 Å². The minimum absolute atomic E-state index is 0.203. The van der Waals surface area contributed by atoms with Crippen molar-refractivity contribution in [2.45, 2.75) is 19.8 Å². The highest BCUT2D eigenvalue weighted by Gasteiger charge is 2.08. The van der Waals surface area contributed by atoms with Crippen molar-refractivity contribution in [3.63, 3.8) is 0 Å². The van der Waals surface area contributed by atoms with Gasteiger partial charge in [0.25, 0.3) is 5.91 Å². The van der Waals surface area contributed by atoms with E-state index in [0.717, 1.165) is 12.2 Å². The summed E-state index contributed by atoms with van der Waals surface area (Å²) in [6.07, 6.45) is 1.40. The molecule has 15 heavy (non-hydrogen) atoms. The summed E-state index contributed by atoms with van der Waals surface area (Å²) in [6.45, 7) is 2.35. The van der Waals surface area contributed by atoms with Crippen molar-refractivity contribution in [3.05, 3.63) is 23.7 Å². The molecule has 0 aromatic carbocycles. The summed E-state index contributed by atoms with van der Waals surface area (Å²) >= 11 is 4.72. The van der Waals surface area contributed by atoms with Crippen molar-refractivity contribution in [1.82, 2.24) is 5.32 Å². The molecule has 1 heterocycles. The van der Waals surface area contributed by atoms with Gasteiger partial charge in [0, 0.05) is 6.54 Å². The lowest BCUT2D eigenvalue weighted by Crippen LogP contribution is -2.24. The number of nitrogens with one attached hydrogen (secondary N) is 1. The second kappa shape index (κ2) is 5.50. The van der Waals surface area contributed by atoms with Crippen LogP contribution in [0.5, 0.6) is 0 Å². The van der Waals surface area contributed by atoms with Crippen LogP contribution in [0.1, 0.15) is 29.2 Å². The van der Waals surface area contributed by atoms with Gasteiger partial charge in [-0.3, -0.25) is 4.79 Å². The number of nitrogens with two attached hydrogens (primary N) is 1. The van der Waals surface area contributed by atoms with Crippen molar-refractivity contribution >= 4 is 23.1 Å². The third kappa shape index (κ3) is 4.12. The summed E-state index contributed by atoms with van der Waals surface area (Å²) < 4.78 is 5.16. The second-order valence-electron chi connectivity index (χ2n) is 3.24. The molecule has 1 aromatic heterocycles. The Hall–Kier alpha value is -1.36. The molecule has 0 aliphatic carbocycles. The maximum atomic E-state index is 11.4. The van der Waals surface area contributed by atoms with E-state index < -0.39 is 0 Å². The Balaban J connectivity index is 2.28. The van der Waals surface area contributed by atoms with Crippen LogP contribution in [0.2, 0.25) is 0 Å². The van der Waals surface area contributed by atoms with Gasteiger partial charge >= 0.3 is 0 Å². The fourth-order valence-corrected chi connectivity index (χ4v) is 1.25. The van der Waals surface area contributed by atoms with Crippen LogP contribution in [0.25, 0.3) is 0 Å². The van der Waals surface area contributed by atoms with E-state index in [1.165, 1.54) is 0 Å². The van der Waals surface area contributed by atoms with Crippen molar-refractivity contribution < 1.29 is 9.21 Å². The Morgan fingerprint density at radius 1 is 1.60 bits per heavy atom. The number of hydrogen-bond acceptors (Lipinski definition) is 3. The van der Waals surface area contributed by atoms with Crippen LogP contribution in [0, 0.1) is 6.92 Å². The fraction of sp³-hybridized carbons (Fsp3) is 0.400. The van der Waals surface area contributed by atoms with Crippen molar-refractivity contribution in [2.24, 2.45) is 5.73 Å². The molecular weight excluding hydrogens is 212 g/mol. The van der Waals surface area contributed by atoms with Crippen LogP contribution in [0.4, 0.5) is 0 Å². The molecule has 0 fully saturated rings. The molecule has 0 bridgehead atoms. The highest BCUT2D eigenvalue weighted by atomic mass is 32.1. The van der Waals surface area contributed by atoms with E-state index in [-0.39, 0.29) is 5.91 Å². The summed E-state index contributed by atoms with van der Waals surface area (Å²) in [7, 11) is 0. The molecule has 82 valence electrons. The Morgan fingerprint density at radius 2 is 2.33 bits per heavy atom. The van der Waals surface area contributed by atoms with Gasteiger partial charge in [-0.15, -0.1) is 0 Å². The van der Waals surface area contributed by atoms with Gasteiger partial charge in [0.15, 0.2) is 5.76 Å². The van der Waals surface area contributed by atoms with Crippen molar-refractivity contribution in [3.8, 4) is 0 Å². The quantitative estimate of drug-likeness (QED) is 0.588. The first-order chi connectivity index (χ1) is 7.09. The molecule has 5 heteroatoms. The summed E-state index contributed by atoms with van der Waals surface area (Å²) in [6, 6.07) is 3.40. The standard InChI is InChI=1S/C10H14N2O2S/c1-7-4-5-8(14-7)10(13)12-6-2-3-9(11)15/h4-5H,2-3,6H2,1H3,(H2,11,15)(H,12,13). The van der Waals surface area contributed by atoms with E-state index >= 15 is 0 Å². The molecule has 0 aliphatic rings. The molecule has 0 atom stereocenters. The smallest absolute Gasteiger partial charge is 0.286 e. The first kappa shape index (κ1) is 11.7. The van der Waals surface area contributed by atoms with Crippen molar-refractivity contribution in [1.29, 1.82) is 0 Å². The minimum Gasteiger partial charge on any atom is -0.456 e. The maximum Gasteiger partial charge on any atom is 0.286 e.